The highest BCUT2D eigenvalue weighted by molar-refractivity contribution is 7.99. The van der Waals surface area contributed by atoms with Crippen molar-refractivity contribution in [1.82, 2.24) is 20.1 Å². The summed E-state index contributed by atoms with van der Waals surface area (Å²) in [5, 5.41) is 12.6. The van der Waals surface area contributed by atoms with Crippen LogP contribution in [0.4, 0.5) is 4.39 Å². The van der Waals surface area contributed by atoms with E-state index in [0.717, 1.165) is 60.3 Å². The number of aromatic nitrogens is 3. The molecule has 0 spiro atoms. The number of nitrogens with zero attached hydrogens (tertiary/aromatic N) is 3. The summed E-state index contributed by atoms with van der Waals surface area (Å²) in [5.74, 6) is 2.56. The van der Waals surface area contributed by atoms with Crippen LogP contribution in [0.3, 0.4) is 0 Å². The molecule has 1 N–H and O–H groups in total. The van der Waals surface area contributed by atoms with Crippen molar-refractivity contribution in [3.05, 3.63) is 59.7 Å². The Hall–Kier alpha value is -2.65. The van der Waals surface area contributed by atoms with Crippen LogP contribution in [0.15, 0.2) is 53.5 Å². The number of allylic oxidation sites excluding steroid dienone is 4. The van der Waals surface area contributed by atoms with Gasteiger partial charge in [0.2, 0.25) is 5.91 Å². The maximum Gasteiger partial charge on any atom is 0.220 e. The van der Waals surface area contributed by atoms with Crippen LogP contribution < -0.4 is 10.1 Å². The summed E-state index contributed by atoms with van der Waals surface area (Å²) in [6, 6.07) is 7.67. The first kappa shape index (κ1) is 26.9. The molecule has 0 saturated carbocycles. The van der Waals surface area contributed by atoms with Gasteiger partial charge in [0.05, 0.1) is 7.11 Å². The van der Waals surface area contributed by atoms with Gasteiger partial charge in [-0.2, -0.15) is 0 Å². The smallest absolute Gasteiger partial charge is 0.220 e. The average molecular weight is 503 g/mol. The summed E-state index contributed by atoms with van der Waals surface area (Å²) in [4.78, 5) is 12.3. The highest BCUT2D eigenvalue weighted by Gasteiger charge is 2.17. The van der Waals surface area contributed by atoms with Gasteiger partial charge >= 0.3 is 0 Å². The summed E-state index contributed by atoms with van der Waals surface area (Å²) in [6.45, 7) is 1.88. The van der Waals surface area contributed by atoms with Crippen LogP contribution in [0, 0.1) is 5.92 Å². The van der Waals surface area contributed by atoms with E-state index in [2.05, 4.69) is 20.1 Å². The van der Waals surface area contributed by atoms with E-state index in [4.69, 9.17) is 9.47 Å². The van der Waals surface area contributed by atoms with Crippen molar-refractivity contribution in [3.63, 3.8) is 0 Å². The molecule has 0 radical (unpaired) electrons. The largest absolute Gasteiger partial charge is 0.496 e. The van der Waals surface area contributed by atoms with E-state index in [-0.39, 0.29) is 17.7 Å². The highest BCUT2D eigenvalue weighted by Crippen LogP contribution is 2.27. The molecule has 1 aromatic heterocycles. The van der Waals surface area contributed by atoms with Crippen molar-refractivity contribution >= 4 is 17.7 Å². The fourth-order valence-electron chi connectivity index (χ4n) is 3.90. The number of ether oxygens (including phenoxy) is 2. The molecule has 0 saturated heterocycles. The van der Waals surface area contributed by atoms with Gasteiger partial charge in [0, 0.05) is 57.4 Å². The first-order valence-electron chi connectivity index (χ1n) is 12.1. The second-order valence-electron chi connectivity index (χ2n) is 8.47. The van der Waals surface area contributed by atoms with Gasteiger partial charge in [-0.05, 0) is 37.3 Å². The van der Waals surface area contributed by atoms with Crippen molar-refractivity contribution < 1.29 is 18.7 Å². The van der Waals surface area contributed by atoms with Crippen molar-refractivity contribution in [2.24, 2.45) is 5.92 Å². The molecule has 1 aliphatic carbocycles. The van der Waals surface area contributed by atoms with Crippen molar-refractivity contribution in [3.8, 4) is 5.75 Å². The van der Waals surface area contributed by atoms with Crippen LogP contribution in [0.5, 0.6) is 5.75 Å². The van der Waals surface area contributed by atoms with Gasteiger partial charge in [-0.25, -0.2) is 4.39 Å². The predicted octanol–water partition coefficient (Wildman–Crippen LogP) is 4.87. The number of unbranched alkanes of at least 4 members (excludes halogenated alkanes) is 1. The Kier molecular flexibility index (Phi) is 11.3. The van der Waals surface area contributed by atoms with E-state index in [1.165, 1.54) is 6.08 Å². The fraction of sp³-hybridized carbons (Fsp3) is 0.500. The SMILES string of the molecule is COCCCn1c(CCCCC(=O)NCc2ccccc2OC)nnc1SCC1C=CC=C(F)C1. The number of carbonyl (C=O) groups excluding carboxylic acids is 1. The monoisotopic (exact) mass is 502 g/mol. The zero-order valence-corrected chi connectivity index (χ0v) is 21.4. The Labute approximate surface area is 211 Å². The van der Waals surface area contributed by atoms with Gasteiger partial charge < -0.3 is 19.4 Å². The van der Waals surface area contributed by atoms with Crippen molar-refractivity contribution in [2.45, 2.75) is 56.8 Å². The molecule has 1 heterocycles. The highest BCUT2D eigenvalue weighted by atomic mass is 32.2. The van der Waals surface area contributed by atoms with Crippen LogP contribution in [0.2, 0.25) is 0 Å². The first-order chi connectivity index (χ1) is 17.1. The Morgan fingerprint density at radius 2 is 2.09 bits per heavy atom. The van der Waals surface area contributed by atoms with Crippen molar-refractivity contribution in [1.29, 1.82) is 0 Å². The van der Waals surface area contributed by atoms with Gasteiger partial charge in [-0.3, -0.25) is 4.79 Å². The summed E-state index contributed by atoms with van der Waals surface area (Å²) in [6.07, 6.45) is 9.47. The van der Waals surface area contributed by atoms with E-state index in [9.17, 15) is 9.18 Å². The average Bonchev–Trinajstić information content (AvgIpc) is 3.26. The summed E-state index contributed by atoms with van der Waals surface area (Å²) < 4.78 is 26.3. The molecule has 190 valence electrons. The number of hydrogen-bond acceptors (Lipinski definition) is 6. The Morgan fingerprint density at radius 1 is 1.23 bits per heavy atom. The number of nitrogens with one attached hydrogen (secondary N) is 1. The molecule has 7 nitrogen and oxygen atoms in total. The Bertz CT molecular complexity index is 1010. The molecule has 2 aromatic rings. The molecular weight excluding hydrogens is 467 g/mol. The number of para-hydroxylation sites is 1. The maximum atomic E-state index is 13.6. The van der Waals surface area contributed by atoms with Crippen LogP contribution in [-0.4, -0.2) is 47.3 Å². The van der Waals surface area contributed by atoms with Crippen LogP contribution in [0.25, 0.3) is 0 Å². The Morgan fingerprint density at radius 3 is 2.89 bits per heavy atom. The summed E-state index contributed by atoms with van der Waals surface area (Å²) in [7, 11) is 3.32. The molecule has 35 heavy (non-hydrogen) atoms. The third-order valence-electron chi connectivity index (χ3n) is 5.79. The number of benzene rings is 1. The zero-order chi connectivity index (χ0) is 24.9. The minimum absolute atomic E-state index is 0.0236. The number of rotatable bonds is 15. The lowest BCUT2D eigenvalue weighted by Gasteiger charge is -2.14. The lowest BCUT2D eigenvalue weighted by Crippen LogP contribution is -2.22. The number of halogens is 1. The molecule has 9 heteroatoms. The fourth-order valence-corrected chi connectivity index (χ4v) is 4.95. The molecule has 0 fully saturated rings. The number of amides is 1. The maximum absolute atomic E-state index is 13.6. The minimum atomic E-state index is -0.0766. The van der Waals surface area contributed by atoms with Gasteiger partial charge in [-0.1, -0.05) is 42.1 Å². The Balaban J connectivity index is 1.46. The first-order valence-corrected chi connectivity index (χ1v) is 13.0. The van der Waals surface area contributed by atoms with Crippen LogP contribution in [-0.2, 0) is 29.0 Å². The molecule has 1 aromatic carbocycles. The minimum Gasteiger partial charge on any atom is -0.496 e. The second-order valence-corrected chi connectivity index (χ2v) is 9.45. The number of hydrogen-bond donors (Lipinski definition) is 1. The van der Waals surface area contributed by atoms with Gasteiger partial charge in [-0.15, -0.1) is 10.2 Å². The lowest BCUT2D eigenvalue weighted by molar-refractivity contribution is -0.121. The van der Waals surface area contributed by atoms with E-state index >= 15 is 0 Å². The predicted molar refractivity (Wildman–Crippen MR) is 136 cm³/mol. The number of aryl methyl sites for hydroxylation is 1. The van der Waals surface area contributed by atoms with Gasteiger partial charge in [0.25, 0.3) is 0 Å². The molecule has 0 aliphatic heterocycles. The van der Waals surface area contributed by atoms with Crippen LogP contribution >= 0.6 is 11.8 Å². The summed E-state index contributed by atoms with van der Waals surface area (Å²) in [5.41, 5.74) is 0.958. The lowest BCUT2D eigenvalue weighted by atomic mass is 10.0. The van der Waals surface area contributed by atoms with E-state index in [1.807, 2.05) is 30.3 Å². The van der Waals surface area contributed by atoms with Gasteiger partial charge in [0.1, 0.15) is 17.4 Å². The molecular formula is C26H35FN4O3S. The third kappa shape index (κ3) is 8.81. The van der Waals surface area contributed by atoms with Crippen LogP contribution in [0.1, 0.15) is 43.5 Å². The molecule has 1 atom stereocenters. The molecule has 1 unspecified atom stereocenters. The normalized spacial score (nSPS) is 15.2. The summed E-state index contributed by atoms with van der Waals surface area (Å²) >= 11 is 1.62. The number of carbonyl (C=O) groups is 1. The topological polar surface area (TPSA) is 78.3 Å². The molecule has 1 amide bonds. The van der Waals surface area contributed by atoms with Crippen molar-refractivity contribution in [2.75, 3.05) is 26.6 Å². The standard InChI is InChI=1S/C26H35FN4O3S/c1-33-16-8-15-31-24(29-30-26(31)35-19-20-9-7-11-22(27)17-20)13-5-6-14-25(32)28-18-21-10-3-4-12-23(21)34-2/h3-4,7,9-12,20H,5-6,8,13-19H2,1-2H3,(H,28,32). The molecule has 3 rings (SSSR count). The van der Waals surface area contributed by atoms with E-state index in [0.29, 0.717) is 26.0 Å². The number of thioether (sulfide) groups is 1. The molecule has 0 bridgehead atoms. The zero-order valence-electron chi connectivity index (χ0n) is 20.5. The van der Waals surface area contributed by atoms with E-state index < -0.39 is 0 Å². The van der Waals surface area contributed by atoms with E-state index in [1.54, 1.807) is 32.1 Å². The molecule has 1 aliphatic rings. The third-order valence-corrected chi connectivity index (χ3v) is 6.95. The van der Waals surface area contributed by atoms with Gasteiger partial charge in [0.15, 0.2) is 5.16 Å². The second kappa shape index (κ2) is 14.7. The number of methoxy groups -OCH3 is 2. The quantitative estimate of drug-likeness (QED) is 0.276.